The van der Waals surface area contributed by atoms with Crippen LogP contribution in [0.4, 0.5) is 5.69 Å². The Morgan fingerprint density at radius 2 is 1.66 bits per heavy atom. The molecule has 0 radical (unpaired) electrons. The van der Waals surface area contributed by atoms with Gasteiger partial charge >= 0.3 is 0 Å². The molecule has 2 aromatic rings. The van der Waals surface area contributed by atoms with Crippen LogP contribution in [-0.4, -0.2) is 91.8 Å². The molecule has 2 aliphatic rings. The van der Waals surface area contributed by atoms with Gasteiger partial charge in [0.05, 0.1) is 5.56 Å². The Morgan fingerprint density at radius 3 is 2.27 bits per heavy atom. The summed E-state index contributed by atoms with van der Waals surface area (Å²) in [6.45, 7) is 4.73. The number of amides is 2. The number of nitrogen functional groups attached to an aromatic ring is 1. The first kappa shape index (κ1) is 34.7. The van der Waals surface area contributed by atoms with Crippen LogP contribution < -0.4 is 15.9 Å². The Kier molecular flexibility index (Phi) is 13.8. The van der Waals surface area contributed by atoms with Crippen molar-refractivity contribution >= 4 is 48.3 Å². The lowest BCUT2D eigenvalue weighted by Crippen LogP contribution is -2.44. The molecule has 12 heteroatoms. The molecule has 0 aromatic heterocycles. The number of nitrogens with two attached hydrogens (primary N) is 1. The zero-order valence-electron chi connectivity index (χ0n) is 25.5. The van der Waals surface area contributed by atoms with E-state index < -0.39 is 11.8 Å². The summed E-state index contributed by atoms with van der Waals surface area (Å²) in [4.78, 5) is 59.8. The Bertz CT molecular complexity index is 1260. The van der Waals surface area contributed by atoms with Gasteiger partial charge < -0.3 is 20.2 Å². The normalized spacial score (nSPS) is 16.2. The van der Waals surface area contributed by atoms with Crippen LogP contribution in [0.15, 0.2) is 47.4 Å². The molecule has 0 atom stereocenters. The van der Waals surface area contributed by atoms with E-state index in [2.05, 4.69) is 33.8 Å². The van der Waals surface area contributed by atoms with Crippen molar-refractivity contribution in [2.24, 2.45) is 5.41 Å². The second-order valence-corrected chi connectivity index (χ2v) is 12.3. The van der Waals surface area contributed by atoms with E-state index in [0.717, 1.165) is 10.7 Å². The molecule has 2 aliphatic heterocycles. The standard InChI is InChI=1S/C16H25N3S.C16H18N2O6/c1-18-10-6-16(7-11-18)8-12-19(13-9-16)20-15-4-2-14(17)3-5-15;1-18(17-14(22)7-2-3-8-19)16(23)15-12(11-21)5-4-6-13(15)24-10-9-20/h2-5H,6-13,17H2,1H3;4-6,8-9,11H,2-3,7,10H2,1H3,(H,17,22). The smallest absolute Gasteiger partial charge is 0.276 e. The van der Waals surface area contributed by atoms with Crippen LogP contribution in [0.25, 0.3) is 0 Å². The molecule has 2 aromatic carbocycles. The van der Waals surface area contributed by atoms with E-state index in [1.54, 1.807) is 0 Å². The van der Waals surface area contributed by atoms with Crippen LogP contribution in [0, 0.1) is 5.41 Å². The molecule has 2 saturated heterocycles. The third kappa shape index (κ3) is 10.5. The Balaban J connectivity index is 0.000000243. The lowest BCUT2D eigenvalue weighted by molar-refractivity contribution is -0.124. The van der Waals surface area contributed by atoms with Gasteiger partial charge in [-0.3, -0.25) is 29.6 Å². The predicted octanol–water partition coefficient (Wildman–Crippen LogP) is 3.63. The molecule has 0 saturated carbocycles. The van der Waals surface area contributed by atoms with Gasteiger partial charge in [0.2, 0.25) is 5.91 Å². The maximum absolute atomic E-state index is 12.5. The van der Waals surface area contributed by atoms with Gasteiger partial charge in [0.15, 0.2) is 12.6 Å². The maximum atomic E-state index is 12.5. The number of unbranched alkanes of at least 4 members (excludes halogenated alkanes) is 1. The highest BCUT2D eigenvalue weighted by atomic mass is 32.2. The number of rotatable bonds is 11. The largest absolute Gasteiger partial charge is 0.485 e. The Hall–Kier alpha value is -3.74. The summed E-state index contributed by atoms with van der Waals surface area (Å²) in [5, 5.41) is 0.930. The van der Waals surface area contributed by atoms with E-state index in [9.17, 15) is 24.0 Å². The van der Waals surface area contributed by atoms with E-state index in [0.29, 0.717) is 30.7 Å². The number of nitrogens with one attached hydrogen (secondary N) is 1. The third-order valence-electron chi connectivity index (χ3n) is 7.97. The van der Waals surface area contributed by atoms with E-state index in [4.69, 9.17) is 10.5 Å². The highest BCUT2D eigenvalue weighted by Gasteiger charge is 2.37. The quantitative estimate of drug-likeness (QED) is 0.125. The summed E-state index contributed by atoms with van der Waals surface area (Å²) >= 11 is 1.89. The topological polar surface area (TPSA) is 142 Å². The number of carbonyl (C=O) groups excluding carboxylic acids is 5. The summed E-state index contributed by atoms with van der Waals surface area (Å²) in [7, 11) is 3.57. The van der Waals surface area contributed by atoms with E-state index in [1.165, 1.54) is 82.0 Å². The number of carbonyl (C=O) groups is 5. The van der Waals surface area contributed by atoms with Crippen LogP contribution in [0.1, 0.15) is 65.7 Å². The number of aldehydes is 3. The second-order valence-electron chi connectivity index (χ2n) is 11.2. The molecule has 4 rings (SSSR count). The van der Waals surface area contributed by atoms with Gasteiger partial charge in [0, 0.05) is 49.1 Å². The van der Waals surface area contributed by atoms with Crippen molar-refractivity contribution in [1.29, 1.82) is 0 Å². The number of nitrogens with zero attached hydrogens (tertiary/aromatic N) is 3. The first-order chi connectivity index (χ1) is 21.2. The minimum atomic E-state index is -0.665. The van der Waals surface area contributed by atoms with Gasteiger partial charge in [-0.2, -0.15) is 0 Å². The number of likely N-dealkylation sites (tertiary alicyclic amines) is 1. The fourth-order valence-electron chi connectivity index (χ4n) is 5.25. The Morgan fingerprint density at radius 1 is 1.00 bits per heavy atom. The zero-order valence-corrected chi connectivity index (χ0v) is 26.4. The average Bonchev–Trinajstić information content (AvgIpc) is 3.03. The van der Waals surface area contributed by atoms with Crippen LogP contribution in [0.3, 0.4) is 0 Å². The Labute approximate surface area is 263 Å². The summed E-state index contributed by atoms with van der Waals surface area (Å²) in [5.41, 5.74) is 9.61. The number of benzene rings is 2. The average molecular weight is 626 g/mol. The zero-order chi connectivity index (χ0) is 32.0. The molecule has 0 bridgehead atoms. The number of hydrogen-bond acceptors (Lipinski definition) is 10. The second kappa shape index (κ2) is 17.5. The summed E-state index contributed by atoms with van der Waals surface area (Å²) in [6, 6.07) is 12.6. The van der Waals surface area contributed by atoms with Crippen molar-refractivity contribution in [2.75, 3.05) is 52.6 Å². The van der Waals surface area contributed by atoms with Crippen molar-refractivity contribution in [2.45, 2.75) is 49.8 Å². The monoisotopic (exact) mass is 625 g/mol. The number of anilines is 1. The van der Waals surface area contributed by atoms with Crippen LogP contribution in [0.2, 0.25) is 0 Å². The van der Waals surface area contributed by atoms with Gasteiger partial charge in [-0.25, -0.2) is 4.31 Å². The minimum Gasteiger partial charge on any atom is -0.485 e. The lowest BCUT2D eigenvalue weighted by atomic mass is 9.72. The van der Waals surface area contributed by atoms with Crippen molar-refractivity contribution in [3.8, 4) is 5.75 Å². The highest BCUT2D eigenvalue weighted by Crippen LogP contribution is 2.43. The minimum absolute atomic E-state index is 0.0509. The van der Waals surface area contributed by atoms with Gasteiger partial charge in [0.1, 0.15) is 18.6 Å². The van der Waals surface area contributed by atoms with Gasteiger partial charge in [0.25, 0.3) is 5.91 Å². The molecule has 44 heavy (non-hydrogen) atoms. The maximum Gasteiger partial charge on any atom is 0.276 e. The van der Waals surface area contributed by atoms with Crippen molar-refractivity contribution in [3.63, 3.8) is 0 Å². The molecule has 3 N–H and O–H groups in total. The van der Waals surface area contributed by atoms with Crippen molar-refractivity contribution < 1.29 is 28.7 Å². The summed E-state index contributed by atoms with van der Waals surface area (Å²) in [6.07, 6.45) is 7.93. The molecule has 2 fully saturated rings. The third-order valence-corrected chi connectivity index (χ3v) is 9.08. The van der Waals surface area contributed by atoms with E-state index in [-0.39, 0.29) is 36.3 Å². The van der Waals surface area contributed by atoms with Gasteiger partial charge in [-0.05, 0) is 99.9 Å². The number of hydrazine groups is 1. The summed E-state index contributed by atoms with van der Waals surface area (Å²) in [5.74, 6) is -1.03. The molecule has 2 heterocycles. The van der Waals surface area contributed by atoms with Crippen molar-refractivity contribution in [3.05, 3.63) is 53.6 Å². The molecular weight excluding hydrogens is 582 g/mol. The molecule has 0 unspecified atom stereocenters. The van der Waals surface area contributed by atoms with Crippen LogP contribution in [-0.2, 0) is 14.4 Å². The fraction of sp³-hybridized carbons (Fsp3) is 0.469. The molecule has 11 nitrogen and oxygen atoms in total. The SMILES string of the molecule is CN(NC(=O)CCCC=O)C(=O)c1c(C=O)cccc1OCC=O.CN1CCC2(CC1)CCN(Sc1ccc(N)cc1)CC2. The first-order valence-corrected chi connectivity index (χ1v) is 15.6. The molecular formula is C32H43N5O6S. The van der Waals surface area contributed by atoms with Crippen LogP contribution in [0.5, 0.6) is 5.75 Å². The number of piperidine rings is 2. The van der Waals surface area contributed by atoms with Gasteiger partial charge in [-0.15, -0.1) is 0 Å². The molecule has 0 aliphatic carbocycles. The molecule has 2 amide bonds. The highest BCUT2D eigenvalue weighted by molar-refractivity contribution is 7.97. The molecule has 1 spiro atoms. The number of ether oxygens (including phenoxy) is 1. The van der Waals surface area contributed by atoms with Gasteiger partial charge in [-0.1, -0.05) is 12.1 Å². The fourth-order valence-corrected chi connectivity index (χ4v) is 6.17. The summed E-state index contributed by atoms with van der Waals surface area (Å²) < 4.78 is 7.68. The molecule has 238 valence electrons. The predicted molar refractivity (Wildman–Crippen MR) is 170 cm³/mol. The first-order valence-electron chi connectivity index (χ1n) is 14.8. The number of hydrogen-bond donors (Lipinski definition) is 2. The lowest BCUT2D eigenvalue weighted by Gasteiger charge is -2.45. The van der Waals surface area contributed by atoms with Crippen molar-refractivity contribution in [1.82, 2.24) is 19.6 Å². The van der Waals surface area contributed by atoms with E-state index >= 15 is 0 Å². The van der Waals surface area contributed by atoms with E-state index in [1.807, 2.05) is 24.1 Å². The van der Waals surface area contributed by atoms with Crippen LogP contribution >= 0.6 is 11.9 Å².